The monoisotopic (exact) mass is 471 g/mol. The highest BCUT2D eigenvalue weighted by Crippen LogP contribution is 2.28. The summed E-state index contributed by atoms with van der Waals surface area (Å²) >= 11 is 0. The first kappa shape index (κ1) is 23.7. The third-order valence-electron chi connectivity index (χ3n) is 4.65. The molecule has 3 aromatic rings. The van der Waals surface area contributed by atoms with Crippen molar-refractivity contribution in [3.8, 4) is 5.75 Å². The van der Waals surface area contributed by atoms with Crippen LogP contribution in [0.15, 0.2) is 65.6 Å². The van der Waals surface area contributed by atoms with Crippen LogP contribution in [0.2, 0.25) is 0 Å². The number of hydrogen-bond acceptors (Lipinski definition) is 5. The molecule has 33 heavy (non-hydrogen) atoms. The van der Waals surface area contributed by atoms with E-state index in [-0.39, 0.29) is 27.7 Å². The number of methoxy groups -OCH3 is 1. The van der Waals surface area contributed by atoms with Gasteiger partial charge < -0.3 is 15.4 Å². The van der Waals surface area contributed by atoms with Gasteiger partial charge in [-0.15, -0.1) is 0 Å². The largest absolute Gasteiger partial charge is 0.497 e. The number of benzene rings is 3. The minimum Gasteiger partial charge on any atom is -0.497 e. The lowest BCUT2D eigenvalue weighted by molar-refractivity contribution is -0.114. The molecule has 0 atom stereocenters. The number of hydrogen-bond donors (Lipinski definition) is 3. The van der Waals surface area contributed by atoms with Crippen molar-refractivity contribution < 1.29 is 27.1 Å². The van der Waals surface area contributed by atoms with Gasteiger partial charge >= 0.3 is 0 Å². The van der Waals surface area contributed by atoms with Crippen molar-refractivity contribution in [2.24, 2.45) is 0 Å². The molecule has 8 nitrogen and oxygen atoms in total. The maximum absolute atomic E-state index is 13.1. The Hall–Kier alpha value is -3.92. The molecule has 0 aliphatic heterocycles. The fourth-order valence-corrected chi connectivity index (χ4v) is 4.07. The normalized spacial score (nSPS) is 10.9. The van der Waals surface area contributed by atoms with Crippen molar-refractivity contribution in [1.29, 1.82) is 0 Å². The summed E-state index contributed by atoms with van der Waals surface area (Å²) in [6, 6.07) is 13.7. The van der Waals surface area contributed by atoms with E-state index in [1.807, 2.05) is 0 Å². The van der Waals surface area contributed by atoms with E-state index in [0.717, 1.165) is 12.1 Å². The summed E-state index contributed by atoms with van der Waals surface area (Å²) in [6.07, 6.45) is 0. The highest BCUT2D eigenvalue weighted by Gasteiger charge is 2.19. The highest BCUT2D eigenvalue weighted by molar-refractivity contribution is 7.92. The zero-order chi connectivity index (χ0) is 24.2. The standard InChI is InChI=1S/C23H22FN3O5S/c1-14-4-10-19(33(30,31)27-17-7-5-16(24)6-8-17)13-20(14)23(29)26-22-12-18(32-3)9-11-21(22)25-15(2)28/h4-13,27H,1-3H3,(H,25,28)(H,26,29). The SMILES string of the molecule is COc1ccc(NC(C)=O)c(NC(=O)c2cc(S(=O)(=O)Nc3ccc(F)cc3)ccc2C)c1. The van der Waals surface area contributed by atoms with Crippen LogP contribution < -0.4 is 20.1 Å². The molecule has 0 unspecified atom stereocenters. The Kier molecular flexibility index (Phi) is 6.98. The molecular weight excluding hydrogens is 449 g/mol. The van der Waals surface area contributed by atoms with Gasteiger partial charge in [0.05, 0.1) is 23.4 Å². The van der Waals surface area contributed by atoms with E-state index < -0.39 is 21.7 Å². The van der Waals surface area contributed by atoms with Crippen LogP contribution in [0.3, 0.4) is 0 Å². The molecule has 0 aromatic heterocycles. The van der Waals surface area contributed by atoms with E-state index in [1.54, 1.807) is 19.1 Å². The number of amides is 2. The van der Waals surface area contributed by atoms with Crippen molar-refractivity contribution >= 4 is 38.9 Å². The van der Waals surface area contributed by atoms with Crippen molar-refractivity contribution in [1.82, 2.24) is 0 Å². The van der Waals surface area contributed by atoms with Gasteiger partial charge in [-0.1, -0.05) is 6.07 Å². The number of sulfonamides is 1. The average molecular weight is 472 g/mol. The van der Waals surface area contributed by atoms with Crippen molar-refractivity contribution in [2.45, 2.75) is 18.7 Å². The predicted molar refractivity (Wildman–Crippen MR) is 124 cm³/mol. The molecule has 3 aromatic carbocycles. The van der Waals surface area contributed by atoms with Gasteiger partial charge in [0.2, 0.25) is 5.91 Å². The lowest BCUT2D eigenvalue weighted by Gasteiger charge is -2.15. The summed E-state index contributed by atoms with van der Waals surface area (Å²) < 4.78 is 46.2. The lowest BCUT2D eigenvalue weighted by Crippen LogP contribution is -2.18. The Morgan fingerprint density at radius 3 is 2.24 bits per heavy atom. The molecule has 0 aliphatic rings. The molecule has 0 fully saturated rings. The second-order valence-electron chi connectivity index (χ2n) is 7.14. The molecular formula is C23H22FN3O5S. The Morgan fingerprint density at radius 1 is 0.909 bits per heavy atom. The smallest absolute Gasteiger partial charge is 0.261 e. The summed E-state index contributed by atoms with van der Waals surface area (Å²) in [4.78, 5) is 24.4. The maximum Gasteiger partial charge on any atom is 0.261 e. The maximum atomic E-state index is 13.1. The summed E-state index contributed by atoms with van der Waals surface area (Å²) in [6.45, 7) is 3.00. The number of carbonyl (C=O) groups is 2. The van der Waals surface area contributed by atoms with Crippen LogP contribution in [-0.4, -0.2) is 27.3 Å². The molecule has 3 N–H and O–H groups in total. The number of nitrogens with one attached hydrogen (secondary N) is 3. The summed E-state index contributed by atoms with van der Waals surface area (Å²) in [5, 5.41) is 5.31. The fraction of sp³-hybridized carbons (Fsp3) is 0.130. The van der Waals surface area contributed by atoms with Crippen molar-refractivity contribution in [3.63, 3.8) is 0 Å². The Balaban J connectivity index is 1.91. The zero-order valence-electron chi connectivity index (χ0n) is 18.1. The lowest BCUT2D eigenvalue weighted by atomic mass is 10.1. The summed E-state index contributed by atoms with van der Waals surface area (Å²) in [7, 11) is -2.57. The van der Waals surface area contributed by atoms with Gasteiger partial charge in [-0.25, -0.2) is 12.8 Å². The molecule has 0 bridgehead atoms. The van der Waals surface area contributed by atoms with Crippen LogP contribution in [0.25, 0.3) is 0 Å². The van der Waals surface area contributed by atoms with E-state index in [9.17, 15) is 22.4 Å². The molecule has 172 valence electrons. The van der Waals surface area contributed by atoms with E-state index in [1.165, 1.54) is 50.4 Å². The Morgan fingerprint density at radius 2 is 1.61 bits per heavy atom. The van der Waals surface area contributed by atoms with Crippen LogP contribution in [0.4, 0.5) is 21.5 Å². The molecule has 0 saturated heterocycles. The van der Waals surface area contributed by atoms with E-state index in [0.29, 0.717) is 17.0 Å². The number of halogens is 1. The second-order valence-corrected chi connectivity index (χ2v) is 8.82. The third kappa shape index (κ3) is 5.86. The van der Waals surface area contributed by atoms with E-state index in [2.05, 4.69) is 15.4 Å². The molecule has 3 rings (SSSR count). The second kappa shape index (κ2) is 9.70. The third-order valence-corrected chi connectivity index (χ3v) is 6.03. The number of anilines is 3. The predicted octanol–water partition coefficient (Wildman–Crippen LogP) is 4.15. The van der Waals surface area contributed by atoms with E-state index >= 15 is 0 Å². The number of carbonyl (C=O) groups excluding carboxylic acids is 2. The topological polar surface area (TPSA) is 114 Å². The van der Waals surface area contributed by atoms with Crippen LogP contribution in [0.1, 0.15) is 22.8 Å². The number of ether oxygens (including phenoxy) is 1. The van der Waals surface area contributed by atoms with Gasteiger partial charge in [-0.3, -0.25) is 14.3 Å². The van der Waals surface area contributed by atoms with Crippen molar-refractivity contribution in [2.75, 3.05) is 22.5 Å². The highest BCUT2D eigenvalue weighted by atomic mass is 32.2. The summed E-state index contributed by atoms with van der Waals surface area (Å²) in [5.41, 5.74) is 1.48. The Labute approximate surface area is 190 Å². The quantitative estimate of drug-likeness (QED) is 0.479. The van der Waals surface area contributed by atoms with Gasteiger partial charge in [0.1, 0.15) is 11.6 Å². The molecule has 0 spiro atoms. The molecule has 0 radical (unpaired) electrons. The van der Waals surface area contributed by atoms with Crippen LogP contribution >= 0.6 is 0 Å². The molecule has 0 heterocycles. The van der Waals surface area contributed by atoms with Gasteiger partial charge in [-0.05, 0) is 61.0 Å². The van der Waals surface area contributed by atoms with Gasteiger partial charge in [-0.2, -0.15) is 0 Å². The van der Waals surface area contributed by atoms with Crippen LogP contribution in [-0.2, 0) is 14.8 Å². The average Bonchev–Trinajstić information content (AvgIpc) is 2.76. The first-order chi connectivity index (χ1) is 15.6. The minimum atomic E-state index is -4.04. The first-order valence-corrected chi connectivity index (χ1v) is 11.2. The van der Waals surface area contributed by atoms with Gasteiger partial charge in [0.25, 0.3) is 15.9 Å². The number of aryl methyl sites for hydroxylation is 1. The summed E-state index contributed by atoms with van der Waals surface area (Å²) in [5.74, 6) is -0.947. The van der Waals surface area contributed by atoms with Crippen LogP contribution in [0, 0.1) is 12.7 Å². The van der Waals surface area contributed by atoms with E-state index in [4.69, 9.17) is 4.74 Å². The minimum absolute atomic E-state index is 0.119. The first-order valence-electron chi connectivity index (χ1n) is 9.75. The number of rotatable bonds is 7. The van der Waals surface area contributed by atoms with Gasteiger partial charge in [0.15, 0.2) is 0 Å². The van der Waals surface area contributed by atoms with Gasteiger partial charge in [0, 0.05) is 24.2 Å². The Bertz CT molecular complexity index is 1310. The molecule has 0 aliphatic carbocycles. The van der Waals surface area contributed by atoms with Crippen LogP contribution in [0.5, 0.6) is 5.75 Å². The fourth-order valence-electron chi connectivity index (χ4n) is 2.99. The zero-order valence-corrected chi connectivity index (χ0v) is 18.9. The molecule has 0 saturated carbocycles. The van der Waals surface area contributed by atoms with Crippen molar-refractivity contribution in [3.05, 3.63) is 77.6 Å². The molecule has 10 heteroatoms. The molecule has 2 amide bonds.